The summed E-state index contributed by atoms with van der Waals surface area (Å²) < 4.78 is 69.0. The molecule has 4 rings (SSSR count). The minimum absolute atomic E-state index is 0.0161. The zero-order valence-electron chi connectivity index (χ0n) is 17.7. The lowest BCUT2D eigenvalue weighted by Gasteiger charge is -2.08. The molecule has 1 N–H and O–H groups in total. The lowest BCUT2D eigenvalue weighted by atomic mass is 10.1. The molecule has 3 aromatic heterocycles. The molecule has 184 valence electrons. The first-order valence-electron chi connectivity index (χ1n) is 9.94. The Labute approximate surface area is 204 Å². The van der Waals surface area contributed by atoms with E-state index in [-0.39, 0.29) is 39.1 Å². The number of fused-ring (bicyclic) bond motifs is 1. The Morgan fingerprint density at radius 2 is 1.83 bits per heavy atom. The van der Waals surface area contributed by atoms with Crippen LogP contribution in [0.4, 0.5) is 27.8 Å². The first-order chi connectivity index (χ1) is 16.5. The second kappa shape index (κ2) is 9.78. The number of hydrogen-bond donors (Lipinski definition) is 1. The lowest BCUT2D eigenvalue weighted by molar-refractivity contribution is -0.116. The molecule has 0 spiro atoms. The molecular formula is C21H15Cl2F5N6O. The summed E-state index contributed by atoms with van der Waals surface area (Å²) in [5.74, 6) is -1.22. The Bertz CT molecular complexity index is 1420. The van der Waals surface area contributed by atoms with Crippen molar-refractivity contribution in [1.82, 2.24) is 24.5 Å². The predicted octanol–water partition coefficient (Wildman–Crippen LogP) is 5.94. The minimum atomic E-state index is -3.09. The molecule has 1 amide bonds. The first-order valence-corrected chi connectivity index (χ1v) is 10.7. The van der Waals surface area contributed by atoms with Crippen LogP contribution in [0, 0.1) is 12.7 Å². The fourth-order valence-electron chi connectivity index (χ4n) is 3.50. The molecule has 7 nitrogen and oxygen atoms in total. The van der Waals surface area contributed by atoms with E-state index >= 15 is 0 Å². The third kappa shape index (κ3) is 5.22. The maximum absolute atomic E-state index is 13.5. The van der Waals surface area contributed by atoms with E-state index in [9.17, 15) is 26.7 Å². The topological polar surface area (TPSA) is 77.6 Å². The number of pyridine rings is 1. The van der Waals surface area contributed by atoms with Gasteiger partial charge in [-0.25, -0.2) is 31.6 Å². The normalized spacial score (nSPS) is 11.7. The largest absolute Gasteiger partial charge is 0.306 e. The average molecular weight is 533 g/mol. The highest BCUT2D eigenvalue weighted by atomic mass is 35.5. The van der Waals surface area contributed by atoms with Crippen molar-refractivity contribution in [2.45, 2.75) is 32.9 Å². The molecule has 0 fully saturated rings. The van der Waals surface area contributed by atoms with Crippen molar-refractivity contribution in [2.75, 3.05) is 5.32 Å². The van der Waals surface area contributed by atoms with Gasteiger partial charge in [0.1, 0.15) is 23.1 Å². The number of aryl methyl sites for hydroxylation is 1. The molecule has 0 atom stereocenters. The number of nitrogens with zero attached hydrogens (tertiary/aromatic N) is 5. The van der Waals surface area contributed by atoms with Gasteiger partial charge in [-0.15, -0.1) is 0 Å². The van der Waals surface area contributed by atoms with Gasteiger partial charge in [-0.1, -0.05) is 29.3 Å². The maximum atomic E-state index is 13.5. The lowest BCUT2D eigenvalue weighted by Crippen LogP contribution is -2.20. The number of carbonyl (C=O) groups is 1. The molecule has 0 radical (unpaired) electrons. The smallest absolute Gasteiger partial charge is 0.280 e. The van der Waals surface area contributed by atoms with E-state index in [1.54, 1.807) is 0 Å². The number of anilines is 1. The van der Waals surface area contributed by atoms with Crippen LogP contribution < -0.4 is 5.32 Å². The van der Waals surface area contributed by atoms with Gasteiger partial charge in [0, 0.05) is 16.8 Å². The van der Waals surface area contributed by atoms with Gasteiger partial charge in [0.25, 0.3) is 12.9 Å². The number of alkyl halides is 4. The van der Waals surface area contributed by atoms with E-state index in [0.29, 0.717) is 11.6 Å². The molecule has 14 heteroatoms. The van der Waals surface area contributed by atoms with Crippen molar-refractivity contribution in [3.63, 3.8) is 0 Å². The predicted molar refractivity (Wildman–Crippen MR) is 119 cm³/mol. The number of hydrogen-bond acceptors (Lipinski definition) is 4. The molecular weight excluding hydrogens is 518 g/mol. The number of nitrogens with one attached hydrogen (secondary N) is 1. The number of carbonyl (C=O) groups excluding carboxylic acids is 1. The van der Waals surface area contributed by atoms with Gasteiger partial charge in [-0.2, -0.15) is 10.2 Å². The van der Waals surface area contributed by atoms with E-state index in [1.807, 2.05) is 0 Å². The van der Waals surface area contributed by atoms with E-state index in [2.05, 4.69) is 20.5 Å². The SMILES string of the molecule is Cc1nn(CC(=O)Nc2nn(Cc3ccc(F)cc3Cl)cc2Cl)c2nc(C(F)F)cc(C(F)F)c12. The monoisotopic (exact) mass is 532 g/mol. The molecule has 0 aliphatic heterocycles. The van der Waals surface area contributed by atoms with Crippen LogP contribution in [0.15, 0.2) is 30.5 Å². The highest BCUT2D eigenvalue weighted by Crippen LogP contribution is 2.32. The van der Waals surface area contributed by atoms with Crippen LogP contribution in [-0.2, 0) is 17.9 Å². The Balaban J connectivity index is 1.56. The molecule has 0 unspecified atom stereocenters. The summed E-state index contributed by atoms with van der Waals surface area (Å²) in [5, 5.41) is 10.8. The van der Waals surface area contributed by atoms with Crippen LogP contribution in [0.1, 0.15) is 35.4 Å². The summed E-state index contributed by atoms with van der Waals surface area (Å²) in [5.41, 5.74) is -1.10. The van der Waals surface area contributed by atoms with Crippen LogP contribution in [0.25, 0.3) is 11.0 Å². The third-order valence-corrected chi connectivity index (χ3v) is 5.63. The fraction of sp³-hybridized carbons (Fsp3) is 0.238. The van der Waals surface area contributed by atoms with Crippen molar-refractivity contribution >= 4 is 46.0 Å². The molecule has 0 saturated carbocycles. The quantitative estimate of drug-likeness (QED) is 0.298. The van der Waals surface area contributed by atoms with Crippen molar-refractivity contribution in [2.24, 2.45) is 0 Å². The van der Waals surface area contributed by atoms with Gasteiger partial charge in [-0.3, -0.25) is 9.48 Å². The number of benzene rings is 1. The first kappa shape index (κ1) is 24.9. The number of halogens is 7. The molecule has 1 aromatic carbocycles. The molecule has 0 aliphatic carbocycles. The zero-order chi connectivity index (χ0) is 25.4. The minimum Gasteiger partial charge on any atom is -0.306 e. The zero-order valence-corrected chi connectivity index (χ0v) is 19.3. The molecule has 0 saturated heterocycles. The van der Waals surface area contributed by atoms with Crippen molar-refractivity contribution in [3.05, 3.63) is 68.8 Å². The highest BCUT2D eigenvalue weighted by Gasteiger charge is 2.24. The van der Waals surface area contributed by atoms with Gasteiger partial charge >= 0.3 is 0 Å². The summed E-state index contributed by atoms with van der Waals surface area (Å²) in [4.78, 5) is 16.4. The summed E-state index contributed by atoms with van der Waals surface area (Å²) in [6.07, 6.45) is -4.72. The van der Waals surface area contributed by atoms with Gasteiger partial charge in [0.15, 0.2) is 11.5 Å². The van der Waals surface area contributed by atoms with E-state index in [0.717, 1.165) is 10.7 Å². The molecule has 35 heavy (non-hydrogen) atoms. The maximum Gasteiger partial charge on any atom is 0.280 e. The number of aromatic nitrogens is 5. The van der Waals surface area contributed by atoms with E-state index in [1.165, 1.54) is 29.9 Å². The van der Waals surface area contributed by atoms with Gasteiger partial charge in [-0.05, 0) is 30.7 Å². The van der Waals surface area contributed by atoms with Crippen LogP contribution in [-0.4, -0.2) is 30.5 Å². The fourth-order valence-corrected chi connectivity index (χ4v) is 3.92. The highest BCUT2D eigenvalue weighted by molar-refractivity contribution is 6.33. The van der Waals surface area contributed by atoms with Gasteiger partial charge in [0.2, 0.25) is 5.91 Å². The van der Waals surface area contributed by atoms with Crippen molar-refractivity contribution in [1.29, 1.82) is 0 Å². The van der Waals surface area contributed by atoms with Crippen LogP contribution >= 0.6 is 23.2 Å². The summed E-state index contributed by atoms with van der Waals surface area (Å²) in [6, 6.07) is 4.49. The second-order valence-corrected chi connectivity index (χ2v) is 8.30. The molecule has 0 aliphatic rings. The standard InChI is InChI=1S/C21H15Cl2F5N6O/c1-9-17-12(18(25)26)5-15(19(27)28)29-21(17)34(31-9)8-16(35)30-20-14(23)7-33(32-20)6-10-2-3-11(24)4-13(10)22/h2-5,7,18-19H,6,8H2,1H3,(H,30,32,35). The van der Waals surface area contributed by atoms with Crippen LogP contribution in [0.2, 0.25) is 10.0 Å². The molecule has 0 bridgehead atoms. The Kier molecular flexibility index (Phi) is 6.95. The van der Waals surface area contributed by atoms with E-state index < -0.39 is 42.4 Å². The second-order valence-electron chi connectivity index (χ2n) is 7.49. The summed E-state index contributed by atoms with van der Waals surface area (Å²) in [6.45, 7) is 1.01. The average Bonchev–Trinajstić information content (AvgIpc) is 3.28. The summed E-state index contributed by atoms with van der Waals surface area (Å²) in [7, 11) is 0. The van der Waals surface area contributed by atoms with Crippen molar-refractivity contribution < 1.29 is 26.7 Å². The Morgan fingerprint density at radius 1 is 1.09 bits per heavy atom. The van der Waals surface area contributed by atoms with Crippen LogP contribution in [0.3, 0.4) is 0 Å². The van der Waals surface area contributed by atoms with Crippen molar-refractivity contribution in [3.8, 4) is 0 Å². The van der Waals surface area contributed by atoms with Gasteiger partial charge in [0.05, 0.1) is 17.6 Å². The Morgan fingerprint density at radius 3 is 2.49 bits per heavy atom. The third-order valence-electron chi connectivity index (χ3n) is 5.00. The van der Waals surface area contributed by atoms with Crippen LogP contribution in [0.5, 0.6) is 0 Å². The number of amides is 1. The van der Waals surface area contributed by atoms with Gasteiger partial charge < -0.3 is 5.32 Å². The van der Waals surface area contributed by atoms with E-state index in [4.69, 9.17) is 23.2 Å². The number of rotatable bonds is 7. The summed E-state index contributed by atoms with van der Waals surface area (Å²) >= 11 is 12.2. The Hall–Kier alpha value is -3.25. The molecule has 3 heterocycles. The molecule has 4 aromatic rings.